The van der Waals surface area contributed by atoms with Gasteiger partial charge in [0.05, 0.1) is 14.2 Å². The van der Waals surface area contributed by atoms with E-state index in [-0.39, 0.29) is 11.3 Å². The minimum Gasteiger partial charge on any atom is -0.497 e. The van der Waals surface area contributed by atoms with Crippen LogP contribution in [0.5, 0.6) is 17.2 Å². The highest BCUT2D eigenvalue weighted by molar-refractivity contribution is 6.34. The number of methoxy groups -OCH3 is 2. The second kappa shape index (κ2) is 6.70. The molecule has 0 saturated carbocycles. The Morgan fingerprint density at radius 3 is 2.14 bits per heavy atom. The van der Waals surface area contributed by atoms with Gasteiger partial charge in [-0.3, -0.25) is 0 Å². The van der Waals surface area contributed by atoms with Gasteiger partial charge in [0.15, 0.2) is 0 Å². The zero-order chi connectivity index (χ0) is 15.4. The number of hydrogen-bond donors (Lipinski definition) is 0. The fraction of sp³-hybridized carbons (Fsp3) is 0.133. The molecule has 0 spiro atoms. The molecule has 0 fully saturated rings. The molecule has 0 atom stereocenters. The first-order valence-electron chi connectivity index (χ1n) is 5.94. The Morgan fingerprint density at radius 1 is 0.905 bits per heavy atom. The molecule has 21 heavy (non-hydrogen) atoms. The lowest BCUT2D eigenvalue weighted by Gasteiger charge is -2.10. The summed E-state index contributed by atoms with van der Waals surface area (Å²) in [6, 6.07) is 9.36. The maximum absolute atomic E-state index is 12.2. The van der Waals surface area contributed by atoms with Crippen LogP contribution in [-0.2, 0) is 0 Å². The molecule has 0 unspecified atom stereocenters. The summed E-state index contributed by atoms with van der Waals surface area (Å²) in [4.78, 5) is 12.2. The Balaban J connectivity index is 2.27. The lowest BCUT2D eigenvalue weighted by Crippen LogP contribution is -2.10. The second-order valence-electron chi connectivity index (χ2n) is 4.06. The molecular weight excluding hydrogens is 315 g/mol. The predicted octanol–water partition coefficient (Wildman–Crippen LogP) is 4.23. The third-order valence-electron chi connectivity index (χ3n) is 2.68. The van der Waals surface area contributed by atoms with Gasteiger partial charge < -0.3 is 14.2 Å². The lowest BCUT2D eigenvalue weighted by molar-refractivity contribution is 0.0731. The van der Waals surface area contributed by atoms with E-state index >= 15 is 0 Å². The van der Waals surface area contributed by atoms with Gasteiger partial charge in [-0.15, -0.1) is 0 Å². The molecule has 2 rings (SSSR count). The Bertz CT molecular complexity index is 650. The van der Waals surface area contributed by atoms with Crippen molar-refractivity contribution in [1.82, 2.24) is 0 Å². The Hall–Kier alpha value is -1.91. The molecule has 4 nitrogen and oxygen atoms in total. The van der Waals surface area contributed by atoms with Gasteiger partial charge in [0.2, 0.25) is 0 Å². The van der Waals surface area contributed by atoms with Crippen molar-refractivity contribution in [2.24, 2.45) is 0 Å². The molecule has 0 amide bonds. The van der Waals surface area contributed by atoms with Crippen molar-refractivity contribution in [3.05, 3.63) is 52.0 Å². The molecule has 0 aliphatic rings. The quantitative estimate of drug-likeness (QED) is 0.623. The average molecular weight is 327 g/mol. The molecular formula is C15H12Cl2O4. The van der Waals surface area contributed by atoms with Crippen LogP contribution < -0.4 is 14.2 Å². The number of benzene rings is 2. The summed E-state index contributed by atoms with van der Waals surface area (Å²) in [6.45, 7) is 0. The van der Waals surface area contributed by atoms with E-state index in [0.717, 1.165) is 0 Å². The summed E-state index contributed by atoms with van der Waals surface area (Å²) in [5.41, 5.74) is 0.273. The summed E-state index contributed by atoms with van der Waals surface area (Å²) >= 11 is 11.7. The Kier molecular flexibility index (Phi) is 4.94. The van der Waals surface area contributed by atoms with Crippen LogP contribution in [0, 0.1) is 0 Å². The fourth-order valence-electron chi connectivity index (χ4n) is 1.72. The second-order valence-corrected chi connectivity index (χ2v) is 4.93. The van der Waals surface area contributed by atoms with E-state index in [1.807, 2.05) is 0 Å². The molecule has 6 heteroatoms. The van der Waals surface area contributed by atoms with Crippen molar-refractivity contribution in [3.63, 3.8) is 0 Å². The highest BCUT2D eigenvalue weighted by atomic mass is 35.5. The van der Waals surface area contributed by atoms with Crippen molar-refractivity contribution in [3.8, 4) is 17.2 Å². The van der Waals surface area contributed by atoms with E-state index in [9.17, 15) is 4.79 Å². The SMILES string of the molecule is COc1ccc(C(=O)Oc2cc(Cl)cc(Cl)c2)c(OC)c1. The third-order valence-corrected chi connectivity index (χ3v) is 3.11. The Labute approximate surface area is 132 Å². The van der Waals surface area contributed by atoms with Crippen molar-refractivity contribution in [2.45, 2.75) is 0 Å². The molecule has 2 aromatic rings. The minimum atomic E-state index is -0.576. The lowest BCUT2D eigenvalue weighted by atomic mass is 10.2. The first-order valence-corrected chi connectivity index (χ1v) is 6.69. The Morgan fingerprint density at radius 2 is 1.57 bits per heavy atom. The molecule has 0 saturated heterocycles. The summed E-state index contributed by atoms with van der Waals surface area (Å²) < 4.78 is 15.5. The van der Waals surface area contributed by atoms with Crippen LogP contribution in [0.3, 0.4) is 0 Å². The zero-order valence-corrected chi connectivity index (χ0v) is 12.9. The number of esters is 1. The molecule has 0 heterocycles. The van der Waals surface area contributed by atoms with E-state index in [1.165, 1.54) is 26.4 Å². The minimum absolute atomic E-state index is 0.260. The van der Waals surface area contributed by atoms with Gasteiger partial charge in [0, 0.05) is 16.1 Å². The predicted molar refractivity (Wildman–Crippen MR) is 81.0 cm³/mol. The normalized spacial score (nSPS) is 10.1. The first-order chi connectivity index (χ1) is 10.0. The van der Waals surface area contributed by atoms with Crippen molar-refractivity contribution in [2.75, 3.05) is 14.2 Å². The van der Waals surface area contributed by atoms with Crippen LogP contribution in [0.15, 0.2) is 36.4 Å². The number of rotatable bonds is 4. The molecule has 0 radical (unpaired) electrons. The topological polar surface area (TPSA) is 44.8 Å². The molecule has 0 aromatic heterocycles. The van der Waals surface area contributed by atoms with Crippen molar-refractivity contribution in [1.29, 1.82) is 0 Å². The van der Waals surface area contributed by atoms with E-state index < -0.39 is 5.97 Å². The van der Waals surface area contributed by atoms with Gasteiger partial charge in [-0.25, -0.2) is 4.79 Å². The van der Waals surface area contributed by atoms with Crippen LogP contribution in [0.25, 0.3) is 0 Å². The van der Waals surface area contributed by atoms with E-state index in [1.54, 1.807) is 24.3 Å². The summed E-state index contributed by atoms with van der Waals surface area (Å²) in [5, 5.41) is 0.763. The third kappa shape index (κ3) is 3.80. The summed E-state index contributed by atoms with van der Waals surface area (Å²) in [6.07, 6.45) is 0. The van der Waals surface area contributed by atoms with E-state index in [2.05, 4.69) is 0 Å². The van der Waals surface area contributed by atoms with Gasteiger partial charge in [0.1, 0.15) is 22.8 Å². The largest absolute Gasteiger partial charge is 0.497 e. The van der Waals surface area contributed by atoms with Gasteiger partial charge >= 0.3 is 5.97 Å². The molecule has 0 N–H and O–H groups in total. The monoisotopic (exact) mass is 326 g/mol. The fourth-order valence-corrected chi connectivity index (χ4v) is 2.22. The van der Waals surface area contributed by atoms with Crippen molar-refractivity contribution < 1.29 is 19.0 Å². The highest BCUT2D eigenvalue weighted by Gasteiger charge is 2.16. The molecule has 0 aliphatic heterocycles. The van der Waals surface area contributed by atoms with Crippen LogP contribution in [-0.4, -0.2) is 20.2 Å². The summed E-state index contributed by atoms with van der Waals surface area (Å²) in [7, 11) is 2.99. The van der Waals surface area contributed by atoms with Gasteiger partial charge in [-0.05, 0) is 30.3 Å². The molecule has 0 bridgehead atoms. The van der Waals surface area contributed by atoms with E-state index in [0.29, 0.717) is 21.5 Å². The molecule has 2 aromatic carbocycles. The number of carbonyl (C=O) groups is 1. The average Bonchev–Trinajstić information content (AvgIpc) is 2.45. The number of ether oxygens (including phenoxy) is 3. The van der Waals surface area contributed by atoms with Crippen molar-refractivity contribution >= 4 is 29.2 Å². The number of hydrogen-bond acceptors (Lipinski definition) is 4. The van der Waals surface area contributed by atoms with Gasteiger partial charge in [-0.1, -0.05) is 23.2 Å². The summed E-state index contributed by atoms with van der Waals surface area (Å²) in [5.74, 6) is 0.616. The van der Waals surface area contributed by atoms with Crippen LogP contribution in [0.1, 0.15) is 10.4 Å². The maximum Gasteiger partial charge on any atom is 0.347 e. The standard InChI is InChI=1S/C15H12Cl2O4/c1-19-11-3-4-13(14(8-11)20-2)15(18)21-12-6-9(16)5-10(17)7-12/h3-8H,1-2H3. The van der Waals surface area contributed by atoms with Gasteiger partial charge in [-0.2, -0.15) is 0 Å². The van der Waals surface area contributed by atoms with Crippen LogP contribution in [0.2, 0.25) is 10.0 Å². The zero-order valence-electron chi connectivity index (χ0n) is 11.4. The van der Waals surface area contributed by atoms with Gasteiger partial charge in [0.25, 0.3) is 0 Å². The van der Waals surface area contributed by atoms with Crippen LogP contribution >= 0.6 is 23.2 Å². The first kappa shape index (κ1) is 15.5. The number of carbonyl (C=O) groups excluding carboxylic acids is 1. The van der Waals surface area contributed by atoms with Crippen LogP contribution in [0.4, 0.5) is 0 Å². The van der Waals surface area contributed by atoms with E-state index in [4.69, 9.17) is 37.4 Å². The highest BCUT2D eigenvalue weighted by Crippen LogP contribution is 2.28. The smallest absolute Gasteiger partial charge is 0.347 e. The maximum atomic E-state index is 12.2. The molecule has 110 valence electrons. The molecule has 0 aliphatic carbocycles. The number of halogens is 2.